The van der Waals surface area contributed by atoms with Crippen LogP contribution in [0.25, 0.3) is 11.1 Å². The smallest absolute Gasteiger partial charge is 0.275 e. The Hall–Kier alpha value is -2.75. The summed E-state index contributed by atoms with van der Waals surface area (Å²) < 4.78 is 31.9. The number of aromatic nitrogens is 1. The molecule has 0 saturated carbocycles. The lowest BCUT2D eigenvalue weighted by Crippen LogP contribution is -2.39. The van der Waals surface area contributed by atoms with Crippen molar-refractivity contribution in [2.75, 3.05) is 31.3 Å². The standard InChI is InChI=1S/C26H31N3O4S2/c1-3-4-16-35(31,32)29-14-12-20(13-15-29)26-28-24(18-34-26)25(30)27-23-17-21(33-2)10-11-22(23)19-8-6-5-7-9-19/h5-11,17-18,20H,3-4,12-16H2,1-2H3,(H,27,30). The number of carbonyl (C=O) groups excluding carboxylic acids is 1. The van der Waals surface area contributed by atoms with Gasteiger partial charge in [-0.2, -0.15) is 0 Å². The van der Waals surface area contributed by atoms with E-state index in [4.69, 9.17) is 4.74 Å². The maximum atomic E-state index is 13.1. The van der Waals surface area contributed by atoms with Crippen LogP contribution in [-0.2, 0) is 10.0 Å². The van der Waals surface area contributed by atoms with Crippen LogP contribution >= 0.6 is 11.3 Å². The predicted octanol–water partition coefficient (Wildman–Crippen LogP) is 5.38. The van der Waals surface area contributed by atoms with Crippen LogP contribution in [0.1, 0.15) is 54.0 Å². The SMILES string of the molecule is CCCCS(=O)(=O)N1CCC(c2nc(C(=O)Nc3cc(OC)ccc3-c3ccccc3)cs2)CC1. The van der Waals surface area contributed by atoms with E-state index in [1.54, 1.807) is 16.8 Å². The Morgan fingerprint density at radius 2 is 1.91 bits per heavy atom. The molecule has 1 N–H and O–H groups in total. The number of carbonyl (C=O) groups is 1. The molecule has 4 rings (SSSR count). The summed E-state index contributed by atoms with van der Waals surface area (Å²) in [6.45, 7) is 3.00. The minimum Gasteiger partial charge on any atom is -0.497 e. The molecule has 35 heavy (non-hydrogen) atoms. The molecule has 1 aliphatic rings. The van der Waals surface area contributed by atoms with Gasteiger partial charge in [-0.3, -0.25) is 4.79 Å². The van der Waals surface area contributed by atoms with Gasteiger partial charge >= 0.3 is 0 Å². The topological polar surface area (TPSA) is 88.6 Å². The first-order chi connectivity index (χ1) is 16.9. The molecule has 0 radical (unpaired) electrons. The zero-order chi connectivity index (χ0) is 24.8. The number of anilines is 1. The summed E-state index contributed by atoms with van der Waals surface area (Å²) in [6, 6.07) is 15.5. The molecule has 1 amide bonds. The van der Waals surface area contributed by atoms with Gasteiger partial charge in [-0.1, -0.05) is 43.7 Å². The molecular weight excluding hydrogens is 482 g/mol. The largest absolute Gasteiger partial charge is 0.497 e. The van der Waals surface area contributed by atoms with E-state index in [2.05, 4.69) is 10.3 Å². The minimum absolute atomic E-state index is 0.163. The molecular formula is C26H31N3O4S2. The Bertz CT molecular complexity index is 1250. The molecule has 7 nitrogen and oxygen atoms in total. The lowest BCUT2D eigenvalue weighted by molar-refractivity contribution is 0.102. The van der Waals surface area contributed by atoms with Crippen molar-refractivity contribution < 1.29 is 17.9 Å². The van der Waals surface area contributed by atoms with Crippen molar-refractivity contribution in [1.29, 1.82) is 0 Å². The van der Waals surface area contributed by atoms with Gasteiger partial charge in [0, 0.05) is 36.0 Å². The second-order valence-electron chi connectivity index (χ2n) is 8.65. The van der Waals surface area contributed by atoms with Crippen molar-refractivity contribution in [2.24, 2.45) is 0 Å². The minimum atomic E-state index is -3.18. The summed E-state index contributed by atoms with van der Waals surface area (Å²) >= 11 is 1.46. The molecule has 1 aliphatic heterocycles. The van der Waals surface area contributed by atoms with Crippen molar-refractivity contribution in [3.8, 4) is 16.9 Å². The van der Waals surface area contributed by atoms with E-state index in [9.17, 15) is 13.2 Å². The van der Waals surface area contributed by atoms with E-state index in [-0.39, 0.29) is 17.6 Å². The number of nitrogens with one attached hydrogen (secondary N) is 1. The molecule has 9 heteroatoms. The Morgan fingerprint density at radius 3 is 2.60 bits per heavy atom. The number of thiazole rings is 1. The van der Waals surface area contributed by atoms with Crippen LogP contribution in [0.2, 0.25) is 0 Å². The molecule has 186 valence electrons. The number of unbranched alkanes of at least 4 members (excludes halogenated alkanes) is 1. The molecule has 0 atom stereocenters. The quantitative estimate of drug-likeness (QED) is 0.415. The lowest BCUT2D eigenvalue weighted by atomic mass is 9.99. The van der Waals surface area contributed by atoms with Crippen molar-refractivity contribution in [3.05, 3.63) is 64.6 Å². The molecule has 2 aromatic carbocycles. The number of hydrogen-bond acceptors (Lipinski definition) is 6. The summed E-state index contributed by atoms with van der Waals surface area (Å²) in [4.78, 5) is 17.7. The number of nitrogens with zero attached hydrogens (tertiary/aromatic N) is 2. The third kappa shape index (κ3) is 6.09. The van der Waals surface area contributed by atoms with E-state index >= 15 is 0 Å². The maximum Gasteiger partial charge on any atom is 0.275 e. The molecule has 3 aromatic rings. The van der Waals surface area contributed by atoms with Gasteiger partial charge in [0.25, 0.3) is 5.91 Å². The highest BCUT2D eigenvalue weighted by Gasteiger charge is 2.30. The highest BCUT2D eigenvalue weighted by atomic mass is 32.2. The fourth-order valence-corrected chi connectivity index (χ4v) is 6.88. The molecule has 0 bridgehead atoms. The van der Waals surface area contributed by atoms with Crippen LogP contribution in [0.4, 0.5) is 5.69 Å². The summed E-state index contributed by atoms with van der Waals surface area (Å²) in [5, 5.41) is 5.66. The molecule has 1 aromatic heterocycles. The molecule has 2 heterocycles. The number of benzene rings is 2. The van der Waals surface area contributed by atoms with Gasteiger partial charge in [0.2, 0.25) is 10.0 Å². The zero-order valence-corrected chi connectivity index (χ0v) is 21.7. The maximum absolute atomic E-state index is 13.1. The van der Waals surface area contributed by atoms with E-state index in [0.717, 1.165) is 22.6 Å². The van der Waals surface area contributed by atoms with Gasteiger partial charge in [0.15, 0.2) is 0 Å². The molecule has 1 saturated heterocycles. The first kappa shape index (κ1) is 25.3. The third-order valence-electron chi connectivity index (χ3n) is 6.27. The lowest BCUT2D eigenvalue weighted by Gasteiger charge is -2.30. The van der Waals surface area contributed by atoms with Gasteiger partial charge in [-0.25, -0.2) is 17.7 Å². The van der Waals surface area contributed by atoms with Gasteiger partial charge < -0.3 is 10.1 Å². The fraction of sp³-hybridized carbons (Fsp3) is 0.385. The molecule has 0 spiro atoms. The summed E-state index contributed by atoms with van der Waals surface area (Å²) in [6.07, 6.45) is 2.98. The first-order valence-corrected chi connectivity index (χ1v) is 14.4. The van der Waals surface area contributed by atoms with Crippen LogP contribution in [-0.4, -0.2) is 49.6 Å². The van der Waals surface area contributed by atoms with Crippen LogP contribution in [0, 0.1) is 0 Å². The van der Waals surface area contributed by atoms with Crippen molar-refractivity contribution >= 4 is 33.0 Å². The third-order valence-corrected chi connectivity index (χ3v) is 9.23. The second kappa shape index (κ2) is 11.3. The van der Waals surface area contributed by atoms with Gasteiger partial charge in [-0.15, -0.1) is 11.3 Å². The van der Waals surface area contributed by atoms with E-state index in [0.29, 0.717) is 49.5 Å². The number of ether oxygens (including phenoxy) is 1. The highest BCUT2D eigenvalue weighted by molar-refractivity contribution is 7.89. The number of amides is 1. The van der Waals surface area contributed by atoms with Crippen molar-refractivity contribution in [1.82, 2.24) is 9.29 Å². The summed E-state index contributed by atoms with van der Waals surface area (Å²) in [5.74, 6) is 0.748. The van der Waals surface area contributed by atoms with Crippen LogP contribution in [0.15, 0.2) is 53.9 Å². The fourth-order valence-electron chi connectivity index (χ4n) is 4.23. The Balaban J connectivity index is 1.44. The predicted molar refractivity (Wildman–Crippen MR) is 141 cm³/mol. The number of hydrogen-bond donors (Lipinski definition) is 1. The Labute approximate surface area is 211 Å². The zero-order valence-electron chi connectivity index (χ0n) is 20.1. The molecule has 0 unspecified atom stereocenters. The Kier molecular flexibility index (Phi) is 8.20. The average Bonchev–Trinajstić information content (AvgIpc) is 3.39. The molecule has 0 aliphatic carbocycles. The van der Waals surface area contributed by atoms with Crippen LogP contribution in [0.5, 0.6) is 5.75 Å². The van der Waals surface area contributed by atoms with E-state index in [1.165, 1.54) is 11.3 Å². The number of piperidine rings is 1. The number of sulfonamides is 1. The number of methoxy groups -OCH3 is 1. The highest BCUT2D eigenvalue weighted by Crippen LogP contribution is 2.34. The second-order valence-corrected chi connectivity index (χ2v) is 11.6. The first-order valence-electron chi connectivity index (χ1n) is 11.9. The van der Waals surface area contributed by atoms with E-state index < -0.39 is 10.0 Å². The van der Waals surface area contributed by atoms with Crippen molar-refractivity contribution in [3.63, 3.8) is 0 Å². The van der Waals surface area contributed by atoms with Gasteiger partial charge in [-0.05, 0) is 37.0 Å². The number of rotatable bonds is 9. The molecule has 1 fully saturated rings. The van der Waals surface area contributed by atoms with Gasteiger partial charge in [0.05, 0.1) is 23.6 Å². The monoisotopic (exact) mass is 513 g/mol. The van der Waals surface area contributed by atoms with E-state index in [1.807, 2.05) is 55.5 Å². The Morgan fingerprint density at radius 1 is 1.17 bits per heavy atom. The van der Waals surface area contributed by atoms with Gasteiger partial charge in [0.1, 0.15) is 11.4 Å². The van der Waals surface area contributed by atoms with Crippen LogP contribution < -0.4 is 10.1 Å². The summed E-state index contributed by atoms with van der Waals surface area (Å²) in [5.41, 5.74) is 2.91. The van der Waals surface area contributed by atoms with Crippen molar-refractivity contribution in [2.45, 2.75) is 38.5 Å². The summed E-state index contributed by atoms with van der Waals surface area (Å²) in [7, 11) is -1.59. The average molecular weight is 514 g/mol. The normalized spacial score (nSPS) is 15.1. The van der Waals surface area contributed by atoms with Crippen LogP contribution in [0.3, 0.4) is 0 Å².